The lowest BCUT2D eigenvalue weighted by molar-refractivity contribution is -0.128. The van der Waals surface area contributed by atoms with Crippen LogP contribution in [0.25, 0.3) is 0 Å². The van der Waals surface area contributed by atoms with Gasteiger partial charge in [0.25, 0.3) is 0 Å². The molecule has 1 N–H and O–H groups in total. The van der Waals surface area contributed by atoms with Gasteiger partial charge < -0.3 is 0 Å². The fourth-order valence-electron chi connectivity index (χ4n) is 0.228. The van der Waals surface area contributed by atoms with Crippen LogP contribution in [-0.2, 0) is 14.0 Å². The van der Waals surface area contributed by atoms with Crippen LogP contribution in [0, 0.1) is 0 Å². The van der Waals surface area contributed by atoms with Crippen LogP contribution in [0.3, 0.4) is 0 Å². The number of nitrogens with one attached hydrogen (secondary N) is 1. The summed E-state index contributed by atoms with van der Waals surface area (Å²) in [7, 11) is 2.15. The molecule has 0 rings (SSSR count). The lowest BCUT2D eigenvalue weighted by atomic mass is 10.7. The van der Waals surface area contributed by atoms with E-state index in [1.165, 1.54) is 14.0 Å². The second-order valence-electron chi connectivity index (χ2n) is 1.61. The topological polar surface area (TPSA) is 66.5 Å². The van der Waals surface area contributed by atoms with Gasteiger partial charge in [-0.15, -0.1) is 4.83 Å². The molecule has 0 bridgehead atoms. The van der Waals surface area contributed by atoms with Crippen molar-refractivity contribution >= 4 is 25.8 Å². The summed E-state index contributed by atoms with van der Waals surface area (Å²) in [5.41, 5.74) is 0. The first kappa shape index (κ1) is 9.67. The van der Waals surface area contributed by atoms with Gasteiger partial charge >= 0.3 is 9.24 Å². The summed E-state index contributed by atoms with van der Waals surface area (Å²) in [5, 5.41) is 0.766. The van der Waals surface area contributed by atoms with E-state index in [1.807, 2.05) is 0 Å². The van der Waals surface area contributed by atoms with Crippen LogP contribution in [0.15, 0.2) is 0 Å². The SMILES string of the molecule is CC(=O)N(C)NS(=O)(=O)Cl. The van der Waals surface area contributed by atoms with Crippen molar-refractivity contribution in [3.05, 3.63) is 0 Å². The highest BCUT2D eigenvalue weighted by Crippen LogP contribution is 1.90. The molecule has 0 spiro atoms. The van der Waals surface area contributed by atoms with Gasteiger partial charge in [-0.05, 0) is 0 Å². The zero-order valence-corrected chi connectivity index (χ0v) is 7.03. The third kappa shape index (κ3) is 4.54. The first-order valence-electron chi connectivity index (χ1n) is 2.29. The molecule has 0 heterocycles. The van der Waals surface area contributed by atoms with Crippen LogP contribution in [0.1, 0.15) is 6.92 Å². The minimum absolute atomic E-state index is 0.441. The molecule has 0 aliphatic carbocycles. The Morgan fingerprint density at radius 2 is 2.00 bits per heavy atom. The third-order valence-electron chi connectivity index (χ3n) is 0.718. The maximum absolute atomic E-state index is 10.4. The van der Waals surface area contributed by atoms with E-state index in [0.717, 1.165) is 5.01 Å². The van der Waals surface area contributed by atoms with Gasteiger partial charge in [-0.25, -0.2) is 0 Å². The highest BCUT2D eigenvalue weighted by atomic mass is 35.7. The molecule has 0 atom stereocenters. The van der Waals surface area contributed by atoms with Crippen molar-refractivity contribution in [2.75, 3.05) is 7.05 Å². The number of carbonyl (C=O) groups excluding carboxylic acids is 1. The lowest BCUT2D eigenvalue weighted by Gasteiger charge is -2.12. The van der Waals surface area contributed by atoms with Crippen LogP contribution in [0.5, 0.6) is 0 Å². The van der Waals surface area contributed by atoms with Crippen molar-refractivity contribution in [1.82, 2.24) is 9.84 Å². The molecule has 0 aliphatic heterocycles. The Morgan fingerprint density at radius 1 is 1.60 bits per heavy atom. The molecule has 0 aromatic rings. The van der Waals surface area contributed by atoms with E-state index in [4.69, 9.17) is 10.7 Å². The molecule has 0 fully saturated rings. The Labute approximate surface area is 63.5 Å². The highest BCUT2D eigenvalue weighted by molar-refractivity contribution is 8.12. The van der Waals surface area contributed by atoms with Gasteiger partial charge in [-0.3, -0.25) is 9.80 Å². The van der Waals surface area contributed by atoms with Crippen molar-refractivity contribution in [3.63, 3.8) is 0 Å². The van der Waals surface area contributed by atoms with Crippen LogP contribution in [0.2, 0.25) is 0 Å². The summed E-state index contributed by atoms with van der Waals surface area (Å²) in [4.78, 5) is 12.1. The Balaban J connectivity index is 4.06. The van der Waals surface area contributed by atoms with Crippen molar-refractivity contribution in [2.24, 2.45) is 0 Å². The lowest BCUT2D eigenvalue weighted by Crippen LogP contribution is -2.39. The Kier molecular flexibility index (Phi) is 3.07. The van der Waals surface area contributed by atoms with E-state index < -0.39 is 15.1 Å². The number of halogens is 1. The molecule has 0 radical (unpaired) electrons. The van der Waals surface area contributed by atoms with Crippen molar-refractivity contribution in [2.45, 2.75) is 6.92 Å². The molecular weight excluding hydrogens is 180 g/mol. The predicted octanol–water partition coefficient (Wildman–Crippen LogP) is -0.547. The van der Waals surface area contributed by atoms with E-state index >= 15 is 0 Å². The molecule has 0 aromatic carbocycles. The number of rotatable bonds is 2. The van der Waals surface area contributed by atoms with Gasteiger partial charge in [0, 0.05) is 24.7 Å². The standard InChI is InChI=1S/C3H7ClN2O3S/c1-3(7)6(2)5-10(4,8)9/h5H,1-2H3. The Hall–Kier alpha value is -0.330. The van der Waals surface area contributed by atoms with E-state index in [-0.39, 0.29) is 0 Å². The fourth-order valence-corrected chi connectivity index (χ4v) is 0.994. The van der Waals surface area contributed by atoms with Crippen LogP contribution in [-0.4, -0.2) is 26.4 Å². The minimum atomic E-state index is -3.84. The van der Waals surface area contributed by atoms with Crippen molar-refractivity contribution < 1.29 is 13.2 Å². The predicted molar refractivity (Wildman–Crippen MR) is 36.4 cm³/mol. The molecule has 0 aliphatic rings. The number of carbonyl (C=O) groups is 1. The summed E-state index contributed by atoms with van der Waals surface area (Å²) in [6.07, 6.45) is 0. The van der Waals surface area contributed by atoms with Crippen molar-refractivity contribution in [3.8, 4) is 0 Å². The van der Waals surface area contributed by atoms with Gasteiger partial charge in [-0.2, -0.15) is 8.42 Å². The van der Waals surface area contributed by atoms with E-state index in [1.54, 1.807) is 4.83 Å². The fraction of sp³-hybridized carbons (Fsp3) is 0.667. The van der Waals surface area contributed by atoms with Crippen LogP contribution >= 0.6 is 10.7 Å². The van der Waals surface area contributed by atoms with Gasteiger partial charge in [0.2, 0.25) is 5.91 Å². The number of nitrogens with zero attached hydrogens (tertiary/aromatic N) is 1. The van der Waals surface area contributed by atoms with Crippen LogP contribution < -0.4 is 4.83 Å². The van der Waals surface area contributed by atoms with E-state index in [9.17, 15) is 13.2 Å². The molecule has 10 heavy (non-hydrogen) atoms. The van der Waals surface area contributed by atoms with Gasteiger partial charge in [-0.1, -0.05) is 0 Å². The molecule has 0 saturated carbocycles. The first-order chi connectivity index (χ1) is 4.33. The second kappa shape index (κ2) is 3.18. The zero-order chi connectivity index (χ0) is 8.36. The van der Waals surface area contributed by atoms with Gasteiger partial charge in [0.05, 0.1) is 0 Å². The average molecular weight is 187 g/mol. The monoisotopic (exact) mass is 186 g/mol. The van der Waals surface area contributed by atoms with Gasteiger partial charge in [0.1, 0.15) is 0 Å². The first-order valence-corrected chi connectivity index (χ1v) is 4.60. The molecular formula is C3H7ClN2O3S. The quantitative estimate of drug-likeness (QED) is 0.465. The molecule has 0 aromatic heterocycles. The molecule has 7 heteroatoms. The average Bonchev–Trinajstić information content (AvgIpc) is 1.60. The zero-order valence-electron chi connectivity index (χ0n) is 5.46. The molecule has 0 saturated heterocycles. The molecule has 60 valence electrons. The normalized spacial score (nSPS) is 11.1. The maximum atomic E-state index is 10.4. The summed E-state index contributed by atoms with van der Waals surface area (Å²) in [6.45, 7) is 1.20. The smallest absolute Gasteiger partial charge is 0.274 e. The third-order valence-corrected chi connectivity index (χ3v) is 1.42. The Morgan fingerprint density at radius 3 is 2.10 bits per heavy atom. The van der Waals surface area contributed by atoms with E-state index in [0.29, 0.717) is 0 Å². The largest absolute Gasteiger partial charge is 0.314 e. The highest BCUT2D eigenvalue weighted by Gasteiger charge is 2.09. The summed E-state index contributed by atoms with van der Waals surface area (Å²) < 4.78 is 20.4. The van der Waals surface area contributed by atoms with Crippen LogP contribution in [0.4, 0.5) is 0 Å². The summed E-state index contributed by atoms with van der Waals surface area (Å²) in [5.74, 6) is -0.441. The number of hydrogen-bond donors (Lipinski definition) is 1. The van der Waals surface area contributed by atoms with E-state index in [2.05, 4.69) is 0 Å². The number of hydrogen-bond acceptors (Lipinski definition) is 3. The minimum Gasteiger partial charge on any atom is -0.274 e. The van der Waals surface area contributed by atoms with Crippen molar-refractivity contribution in [1.29, 1.82) is 0 Å². The molecule has 0 unspecified atom stereocenters. The summed E-state index contributed by atoms with van der Waals surface area (Å²) in [6, 6.07) is 0. The second-order valence-corrected chi connectivity index (χ2v) is 3.88. The number of hydrazine groups is 1. The Bertz CT molecular complexity index is 224. The molecule has 1 amide bonds. The maximum Gasteiger partial charge on any atom is 0.314 e. The van der Waals surface area contributed by atoms with Gasteiger partial charge in [0.15, 0.2) is 0 Å². The molecule has 5 nitrogen and oxygen atoms in total. The number of amides is 1. The summed E-state index contributed by atoms with van der Waals surface area (Å²) >= 11 is 0.